The summed E-state index contributed by atoms with van der Waals surface area (Å²) in [4.78, 5) is 42.7. The standard InChI is InChI=1S/C31H34F4N2O4/c1-29(2,3)17-11-13-22(14-12-17)37-26(38)23-24(27(37)39)30(36-25(23)28(40)41-4,19-8-6-10-21(32)16-19)18-7-5-9-20(15-18)31(33,34)35/h5-10,15-17,22-25,36H,11-14H2,1-4H3/t17?,22?,23-,24-,25-,30+/m1/s1. The Labute approximate surface area is 236 Å². The number of likely N-dealkylation sites (tertiary alicyclic amines) is 1. The quantitative estimate of drug-likeness (QED) is 0.299. The number of esters is 1. The normalized spacial score (nSPS) is 30.4. The summed E-state index contributed by atoms with van der Waals surface area (Å²) in [7, 11) is 1.14. The third-order valence-electron chi connectivity index (χ3n) is 9.26. The SMILES string of the molecule is COC(=O)[C@@H]1N[C@](c2cccc(F)c2)(c2cccc(C(F)(F)F)c2)[C@H]2C(=O)N(C3CCC(C(C)(C)C)CC3)C(=O)[C@@H]12. The van der Waals surface area contributed by atoms with Crippen LogP contribution in [0.4, 0.5) is 17.6 Å². The average molecular weight is 575 g/mol. The van der Waals surface area contributed by atoms with E-state index >= 15 is 0 Å². The number of carbonyl (C=O) groups is 3. The predicted molar refractivity (Wildman–Crippen MR) is 142 cm³/mol. The maximum absolute atomic E-state index is 14.7. The molecule has 2 amide bonds. The topological polar surface area (TPSA) is 75.7 Å². The molecule has 2 saturated heterocycles. The van der Waals surface area contributed by atoms with Gasteiger partial charge in [-0.25, -0.2) is 4.39 Å². The van der Waals surface area contributed by atoms with E-state index in [2.05, 4.69) is 26.1 Å². The van der Waals surface area contributed by atoms with Gasteiger partial charge in [0, 0.05) is 6.04 Å². The van der Waals surface area contributed by atoms with Crippen LogP contribution in [0.3, 0.4) is 0 Å². The molecule has 5 rings (SSSR count). The van der Waals surface area contributed by atoms with Gasteiger partial charge in [0.2, 0.25) is 11.8 Å². The van der Waals surface area contributed by atoms with Crippen LogP contribution in [0.1, 0.15) is 63.1 Å². The molecule has 0 aromatic heterocycles. The maximum atomic E-state index is 14.7. The summed E-state index contributed by atoms with van der Waals surface area (Å²) in [6.45, 7) is 6.47. The van der Waals surface area contributed by atoms with Crippen molar-refractivity contribution in [2.24, 2.45) is 23.2 Å². The van der Waals surface area contributed by atoms with E-state index in [1.807, 2.05) is 0 Å². The van der Waals surface area contributed by atoms with Crippen molar-refractivity contribution < 1.29 is 36.7 Å². The van der Waals surface area contributed by atoms with E-state index in [-0.39, 0.29) is 16.5 Å². The molecule has 2 aromatic carbocycles. The lowest BCUT2D eigenvalue weighted by atomic mass is 9.71. The zero-order valence-corrected chi connectivity index (χ0v) is 23.4. The van der Waals surface area contributed by atoms with Crippen LogP contribution in [-0.4, -0.2) is 41.9 Å². The van der Waals surface area contributed by atoms with Gasteiger partial charge < -0.3 is 4.74 Å². The molecule has 2 heterocycles. The molecule has 220 valence electrons. The largest absolute Gasteiger partial charge is 0.468 e. The van der Waals surface area contributed by atoms with Crippen molar-refractivity contribution in [1.29, 1.82) is 0 Å². The van der Waals surface area contributed by atoms with Crippen molar-refractivity contribution >= 4 is 17.8 Å². The molecule has 0 bridgehead atoms. The molecule has 1 saturated carbocycles. The highest BCUT2D eigenvalue weighted by Crippen LogP contribution is 2.53. The minimum atomic E-state index is -4.70. The van der Waals surface area contributed by atoms with E-state index in [0.717, 1.165) is 38.2 Å². The Morgan fingerprint density at radius 1 is 0.951 bits per heavy atom. The fourth-order valence-electron chi connectivity index (χ4n) is 7.19. The number of nitrogens with one attached hydrogen (secondary N) is 1. The molecule has 0 spiro atoms. The van der Waals surface area contributed by atoms with E-state index in [0.29, 0.717) is 18.8 Å². The van der Waals surface area contributed by atoms with E-state index in [1.54, 1.807) is 0 Å². The zero-order valence-electron chi connectivity index (χ0n) is 23.4. The highest BCUT2D eigenvalue weighted by Gasteiger charge is 2.69. The fourth-order valence-corrected chi connectivity index (χ4v) is 7.19. The molecule has 0 radical (unpaired) electrons. The molecule has 3 fully saturated rings. The lowest BCUT2D eigenvalue weighted by Crippen LogP contribution is -2.53. The second-order valence-electron chi connectivity index (χ2n) is 12.5. The minimum absolute atomic E-state index is 0.00114. The lowest BCUT2D eigenvalue weighted by molar-refractivity contribution is -0.150. The van der Waals surface area contributed by atoms with Gasteiger partial charge in [-0.3, -0.25) is 24.6 Å². The molecular formula is C31H34F4N2O4. The number of fused-ring (bicyclic) bond motifs is 1. The average Bonchev–Trinajstić information content (AvgIpc) is 3.41. The number of ether oxygens (including phenoxy) is 1. The molecule has 2 aliphatic heterocycles. The van der Waals surface area contributed by atoms with Gasteiger partial charge in [0.05, 0.1) is 30.0 Å². The van der Waals surface area contributed by atoms with Crippen LogP contribution < -0.4 is 5.32 Å². The summed E-state index contributed by atoms with van der Waals surface area (Å²) in [5.74, 6) is -4.79. The first kappa shape index (κ1) is 29.2. The molecule has 41 heavy (non-hydrogen) atoms. The Morgan fingerprint density at radius 3 is 2.12 bits per heavy atom. The van der Waals surface area contributed by atoms with Crippen molar-refractivity contribution in [3.63, 3.8) is 0 Å². The molecule has 6 nitrogen and oxygen atoms in total. The van der Waals surface area contributed by atoms with Gasteiger partial charge in [0.25, 0.3) is 0 Å². The second-order valence-corrected chi connectivity index (χ2v) is 12.5. The summed E-state index contributed by atoms with van der Waals surface area (Å²) in [6, 6.07) is 7.83. The molecule has 1 N–H and O–H groups in total. The number of benzene rings is 2. The number of halogens is 4. The first-order valence-corrected chi connectivity index (χ1v) is 13.9. The molecule has 4 atom stereocenters. The monoisotopic (exact) mass is 574 g/mol. The molecule has 3 aliphatic rings. The summed E-state index contributed by atoms with van der Waals surface area (Å²) in [5, 5.41) is 3.03. The Balaban J connectivity index is 1.66. The number of amides is 2. The summed E-state index contributed by atoms with van der Waals surface area (Å²) in [6.07, 6.45) is -1.91. The van der Waals surface area contributed by atoms with Gasteiger partial charge >= 0.3 is 12.1 Å². The first-order chi connectivity index (χ1) is 19.2. The predicted octanol–water partition coefficient (Wildman–Crippen LogP) is 5.44. The number of rotatable bonds is 4. The number of imide groups is 1. The molecule has 1 aliphatic carbocycles. The third-order valence-corrected chi connectivity index (χ3v) is 9.26. The van der Waals surface area contributed by atoms with Crippen LogP contribution in [0.15, 0.2) is 48.5 Å². The number of carbonyl (C=O) groups excluding carboxylic acids is 3. The summed E-state index contributed by atoms with van der Waals surface area (Å²) < 4.78 is 61.2. The van der Waals surface area contributed by atoms with E-state index < -0.39 is 64.8 Å². The number of hydrogen-bond donors (Lipinski definition) is 1. The zero-order chi connectivity index (χ0) is 29.9. The van der Waals surface area contributed by atoms with Crippen LogP contribution in [0, 0.1) is 29.0 Å². The van der Waals surface area contributed by atoms with E-state index in [9.17, 15) is 31.9 Å². The van der Waals surface area contributed by atoms with Gasteiger partial charge in [-0.2, -0.15) is 13.2 Å². The van der Waals surface area contributed by atoms with Crippen LogP contribution in [-0.2, 0) is 30.8 Å². The second kappa shape index (κ2) is 10.2. The Morgan fingerprint density at radius 2 is 1.56 bits per heavy atom. The third kappa shape index (κ3) is 4.83. The molecule has 2 aromatic rings. The van der Waals surface area contributed by atoms with Crippen molar-refractivity contribution in [1.82, 2.24) is 10.2 Å². The molecular weight excluding hydrogens is 540 g/mol. The summed E-state index contributed by atoms with van der Waals surface area (Å²) in [5.41, 5.74) is -2.58. The van der Waals surface area contributed by atoms with Crippen molar-refractivity contribution in [3.8, 4) is 0 Å². The van der Waals surface area contributed by atoms with E-state index in [4.69, 9.17) is 4.74 Å². The number of alkyl halides is 3. The van der Waals surface area contributed by atoms with Gasteiger partial charge in [0.1, 0.15) is 11.9 Å². The van der Waals surface area contributed by atoms with Crippen molar-refractivity contribution in [2.45, 2.75) is 70.3 Å². The fraction of sp³-hybridized carbons (Fsp3) is 0.516. The first-order valence-electron chi connectivity index (χ1n) is 13.9. The number of methoxy groups -OCH3 is 1. The van der Waals surface area contributed by atoms with E-state index in [1.165, 1.54) is 35.2 Å². The highest BCUT2D eigenvalue weighted by molar-refractivity contribution is 6.09. The molecule has 0 unspecified atom stereocenters. The number of nitrogens with zero attached hydrogens (tertiary/aromatic N) is 1. The van der Waals surface area contributed by atoms with Crippen LogP contribution in [0.25, 0.3) is 0 Å². The van der Waals surface area contributed by atoms with Crippen molar-refractivity contribution in [2.75, 3.05) is 7.11 Å². The van der Waals surface area contributed by atoms with Gasteiger partial charge in [-0.15, -0.1) is 0 Å². The van der Waals surface area contributed by atoms with Crippen LogP contribution in [0.5, 0.6) is 0 Å². The Hall–Kier alpha value is -3.27. The smallest absolute Gasteiger partial charge is 0.416 e. The number of hydrogen-bond acceptors (Lipinski definition) is 5. The van der Waals surface area contributed by atoms with Gasteiger partial charge in [-0.05, 0) is 72.4 Å². The Bertz CT molecular complexity index is 1360. The molecule has 10 heteroatoms. The summed E-state index contributed by atoms with van der Waals surface area (Å²) >= 11 is 0. The lowest BCUT2D eigenvalue weighted by Gasteiger charge is -2.41. The van der Waals surface area contributed by atoms with Crippen molar-refractivity contribution in [3.05, 3.63) is 71.0 Å². The maximum Gasteiger partial charge on any atom is 0.416 e. The Kier molecular flexibility index (Phi) is 7.29. The van der Waals surface area contributed by atoms with Crippen LogP contribution >= 0.6 is 0 Å². The highest BCUT2D eigenvalue weighted by atomic mass is 19.4. The van der Waals surface area contributed by atoms with Gasteiger partial charge in [-0.1, -0.05) is 45.0 Å². The minimum Gasteiger partial charge on any atom is -0.468 e. The van der Waals surface area contributed by atoms with Crippen LogP contribution in [0.2, 0.25) is 0 Å². The van der Waals surface area contributed by atoms with Gasteiger partial charge in [0.15, 0.2) is 0 Å².